The van der Waals surface area contributed by atoms with E-state index >= 15 is 0 Å². The normalized spacial score (nSPS) is 18.6. The number of aliphatic hydroxyl groups excluding tert-OH is 1. The average Bonchev–Trinajstić information content (AvgIpc) is 2.82. The number of hydrogen-bond donors (Lipinski definition) is 3. The van der Waals surface area contributed by atoms with E-state index in [0.29, 0.717) is 30.9 Å². The van der Waals surface area contributed by atoms with Gasteiger partial charge >= 0.3 is 5.97 Å². The molecule has 0 amide bonds. The number of carboxylic acids is 1. The molecule has 0 atom stereocenters. The highest BCUT2D eigenvalue weighted by Crippen LogP contribution is 2.29. The third-order valence-corrected chi connectivity index (χ3v) is 6.35. The van der Waals surface area contributed by atoms with Crippen LogP contribution >= 0.6 is 11.3 Å². The predicted molar refractivity (Wildman–Crippen MR) is 76.2 cm³/mol. The quantitative estimate of drug-likeness (QED) is 0.725. The molecule has 1 aromatic rings. The summed E-state index contributed by atoms with van der Waals surface area (Å²) in [7, 11) is -3.89. The van der Waals surface area contributed by atoms with Gasteiger partial charge in [-0.15, -0.1) is 11.3 Å². The molecule has 0 spiro atoms. The molecule has 0 aromatic carbocycles. The zero-order chi connectivity index (χ0) is 15.7. The van der Waals surface area contributed by atoms with Crippen LogP contribution in [0.15, 0.2) is 11.0 Å². The van der Waals surface area contributed by atoms with Gasteiger partial charge in [-0.25, -0.2) is 17.9 Å². The van der Waals surface area contributed by atoms with Gasteiger partial charge in [-0.1, -0.05) is 0 Å². The summed E-state index contributed by atoms with van der Waals surface area (Å²) in [5, 5.41) is 18.5. The molecular weight excluding hydrogens is 318 g/mol. The molecule has 0 bridgehead atoms. The van der Waals surface area contributed by atoms with Crippen molar-refractivity contribution in [2.24, 2.45) is 0 Å². The highest BCUT2D eigenvalue weighted by Gasteiger charge is 2.37. The Morgan fingerprint density at radius 1 is 1.48 bits per heavy atom. The summed E-state index contributed by atoms with van der Waals surface area (Å²) in [5.41, 5.74) is -0.950. The summed E-state index contributed by atoms with van der Waals surface area (Å²) in [6.07, 6.45) is 0.745. The van der Waals surface area contributed by atoms with Crippen molar-refractivity contribution in [3.05, 3.63) is 15.8 Å². The van der Waals surface area contributed by atoms with E-state index in [-0.39, 0.29) is 16.4 Å². The number of aliphatic hydroxyl groups is 1. The lowest BCUT2D eigenvalue weighted by molar-refractivity contribution is 0.0223. The fourth-order valence-corrected chi connectivity index (χ4v) is 5.11. The lowest BCUT2D eigenvalue weighted by atomic mass is 9.93. The molecule has 0 aliphatic carbocycles. The van der Waals surface area contributed by atoms with E-state index < -0.39 is 21.5 Å². The number of carbonyl (C=O) groups is 1. The lowest BCUT2D eigenvalue weighted by Crippen LogP contribution is -2.54. The minimum absolute atomic E-state index is 0.0297. The van der Waals surface area contributed by atoms with Crippen molar-refractivity contribution in [3.63, 3.8) is 0 Å². The van der Waals surface area contributed by atoms with Crippen LogP contribution in [-0.4, -0.2) is 50.0 Å². The molecule has 0 saturated carbocycles. The second kappa shape index (κ2) is 6.01. The molecule has 1 aromatic heterocycles. The first-order valence-corrected chi connectivity index (χ1v) is 8.66. The van der Waals surface area contributed by atoms with Crippen LogP contribution in [0.25, 0.3) is 0 Å². The number of aromatic carboxylic acids is 1. The van der Waals surface area contributed by atoms with Crippen LogP contribution in [0.3, 0.4) is 0 Å². The van der Waals surface area contributed by atoms with Gasteiger partial charge < -0.3 is 14.9 Å². The fourth-order valence-electron chi connectivity index (χ4n) is 2.23. The van der Waals surface area contributed by atoms with Gasteiger partial charge in [0.1, 0.15) is 4.88 Å². The Labute approximate surface area is 126 Å². The van der Waals surface area contributed by atoms with Crippen LogP contribution in [0, 0.1) is 6.92 Å². The van der Waals surface area contributed by atoms with E-state index in [9.17, 15) is 18.3 Å². The van der Waals surface area contributed by atoms with Crippen LogP contribution < -0.4 is 4.72 Å². The molecule has 0 radical (unpaired) electrons. The second-order valence-corrected chi connectivity index (χ2v) is 7.90. The number of hydrogen-bond acceptors (Lipinski definition) is 6. The highest BCUT2D eigenvalue weighted by molar-refractivity contribution is 7.89. The Bertz CT molecular complexity index is 630. The minimum atomic E-state index is -3.89. The minimum Gasteiger partial charge on any atom is -0.477 e. The number of thiophene rings is 1. The zero-order valence-electron chi connectivity index (χ0n) is 11.5. The van der Waals surface area contributed by atoms with Gasteiger partial charge in [-0.05, 0) is 25.8 Å². The van der Waals surface area contributed by atoms with Crippen LogP contribution in [0.4, 0.5) is 0 Å². The van der Waals surface area contributed by atoms with Gasteiger partial charge in [0.15, 0.2) is 0 Å². The number of rotatable bonds is 5. The maximum atomic E-state index is 12.5. The first kappa shape index (κ1) is 16.4. The van der Waals surface area contributed by atoms with Crippen molar-refractivity contribution in [1.82, 2.24) is 4.72 Å². The van der Waals surface area contributed by atoms with Crippen molar-refractivity contribution in [3.8, 4) is 0 Å². The summed E-state index contributed by atoms with van der Waals surface area (Å²) < 4.78 is 32.7. The third kappa shape index (κ3) is 3.43. The molecule has 21 heavy (non-hydrogen) atoms. The average molecular weight is 335 g/mol. The van der Waals surface area contributed by atoms with E-state index in [1.165, 1.54) is 0 Å². The Kier molecular flexibility index (Phi) is 4.69. The highest BCUT2D eigenvalue weighted by atomic mass is 32.2. The van der Waals surface area contributed by atoms with E-state index in [1.54, 1.807) is 6.92 Å². The molecule has 1 aliphatic heterocycles. The van der Waals surface area contributed by atoms with Crippen molar-refractivity contribution < 1.29 is 28.2 Å². The topological polar surface area (TPSA) is 113 Å². The molecule has 2 heterocycles. The monoisotopic (exact) mass is 335 g/mol. The van der Waals surface area contributed by atoms with E-state index in [4.69, 9.17) is 9.84 Å². The van der Waals surface area contributed by atoms with E-state index in [1.807, 2.05) is 0 Å². The van der Waals surface area contributed by atoms with Gasteiger partial charge in [0.25, 0.3) is 0 Å². The standard InChI is InChI=1S/C12H17NO6S2/c1-8-10(6-9(20-8)11(15)16)21(17,18)13-12(7-14)2-4-19-5-3-12/h6,13-14H,2-5,7H2,1H3,(H,15,16). The zero-order valence-corrected chi connectivity index (χ0v) is 13.1. The summed E-state index contributed by atoms with van der Waals surface area (Å²) in [5.74, 6) is -1.16. The Morgan fingerprint density at radius 3 is 2.57 bits per heavy atom. The van der Waals surface area contributed by atoms with Crippen LogP contribution in [0.2, 0.25) is 0 Å². The van der Waals surface area contributed by atoms with Gasteiger partial charge in [-0.3, -0.25) is 0 Å². The number of sulfonamides is 1. The number of aryl methyl sites for hydroxylation is 1. The van der Waals surface area contributed by atoms with Gasteiger partial charge in [0, 0.05) is 18.1 Å². The molecule has 3 N–H and O–H groups in total. The maximum Gasteiger partial charge on any atom is 0.345 e. The molecule has 1 fully saturated rings. The summed E-state index contributed by atoms with van der Waals surface area (Å²) in [4.78, 5) is 11.3. The molecule has 2 rings (SSSR count). The van der Waals surface area contributed by atoms with E-state index in [0.717, 1.165) is 17.4 Å². The van der Waals surface area contributed by atoms with Gasteiger partial charge in [0.2, 0.25) is 10.0 Å². The van der Waals surface area contributed by atoms with Crippen molar-refractivity contribution in [2.75, 3.05) is 19.8 Å². The largest absolute Gasteiger partial charge is 0.477 e. The van der Waals surface area contributed by atoms with Gasteiger partial charge in [0.05, 0.1) is 17.0 Å². The summed E-state index contributed by atoms with van der Waals surface area (Å²) >= 11 is 0.912. The molecule has 9 heteroatoms. The van der Waals surface area contributed by atoms with Crippen molar-refractivity contribution in [2.45, 2.75) is 30.2 Å². The summed E-state index contributed by atoms with van der Waals surface area (Å²) in [6, 6.07) is 1.15. The van der Waals surface area contributed by atoms with E-state index in [2.05, 4.69) is 4.72 Å². The Morgan fingerprint density at radius 2 is 2.10 bits per heavy atom. The van der Waals surface area contributed by atoms with Crippen LogP contribution in [0.1, 0.15) is 27.4 Å². The first-order chi connectivity index (χ1) is 9.80. The van der Waals surface area contributed by atoms with Crippen molar-refractivity contribution in [1.29, 1.82) is 0 Å². The Hall–Kier alpha value is -1.00. The maximum absolute atomic E-state index is 12.5. The number of ether oxygens (including phenoxy) is 1. The fraction of sp³-hybridized carbons (Fsp3) is 0.583. The SMILES string of the molecule is Cc1sc(C(=O)O)cc1S(=O)(=O)NC1(CO)CCOCC1. The van der Waals surface area contributed by atoms with Crippen molar-refractivity contribution >= 4 is 27.3 Å². The van der Waals surface area contributed by atoms with Gasteiger partial charge in [-0.2, -0.15) is 0 Å². The smallest absolute Gasteiger partial charge is 0.345 e. The number of nitrogens with one attached hydrogen (secondary N) is 1. The number of carboxylic acid groups (broad SMARTS) is 1. The molecule has 0 unspecified atom stereocenters. The predicted octanol–water partition coefficient (Wildman–Crippen LogP) is 0.575. The molecule has 1 aliphatic rings. The van der Waals surface area contributed by atoms with Crippen LogP contribution in [0.5, 0.6) is 0 Å². The molecule has 7 nitrogen and oxygen atoms in total. The first-order valence-electron chi connectivity index (χ1n) is 6.36. The lowest BCUT2D eigenvalue weighted by Gasteiger charge is -2.35. The third-order valence-electron chi connectivity index (χ3n) is 3.48. The molecule has 118 valence electrons. The molecule has 1 saturated heterocycles. The summed E-state index contributed by atoms with van der Waals surface area (Å²) in [6.45, 7) is 1.96. The second-order valence-electron chi connectivity index (χ2n) is 4.99. The molecular formula is C12H17NO6S2. The van der Waals surface area contributed by atoms with Crippen LogP contribution in [-0.2, 0) is 14.8 Å². The Balaban J connectivity index is 2.31.